The highest BCUT2D eigenvalue weighted by Gasteiger charge is 2.26. The number of hydrogen-bond acceptors (Lipinski definition) is 12. The van der Waals surface area contributed by atoms with Gasteiger partial charge >= 0.3 is 11.9 Å². The van der Waals surface area contributed by atoms with Gasteiger partial charge in [-0.05, 0) is 35.3 Å². The van der Waals surface area contributed by atoms with E-state index in [9.17, 15) is 35.1 Å². The summed E-state index contributed by atoms with van der Waals surface area (Å²) in [5, 5.41) is 56.7. The fourth-order valence-corrected chi connectivity index (χ4v) is 2.10. The number of phenolic OH excluding ortho intramolecular Hbond substituents is 4. The van der Waals surface area contributed by atoms with Crippen molar-refractivity contribution in [2.75, 3.05) is 14.2 Å². The van der Waals surface area contributed by atoms with E-state index in [1.807, 2.05) is 0 Å². The second-order valence-electron chi connectivity index (χ2n) is 6.07. The molecule has 0 spiro atoms. The predicted molar refractivity (Wildman–Crippen MR) is 116 cm³/mol. The Labute approximate surface area is 195 Å². The van der Waals surface area contributed by atoms with Crippen LogP contribution in [0.5, 0.6) is 23.0 Å². The second-order valence-corrected chi connectivity index (χ2v) is 6.07. The molecule has 4 atom stereocenters. The van der Waals surface area contributed by atoms with Gasteiger partial charge in [-0.3, -0.25) is 9.59 Å². The summed E-state index contributed by atoms with van der Waals surface area (Å²) in [6.07, 6.45) is -4.28. The summed E-state index contributed by atoms with van der Waals surface area (Å²) in [5.74, 6) is -4.79. The molecule has 12 heteroatoms. The normalized spacial score (nSPS) is 16.4. The molecule has 12 nitrogen and oxygen atoms in total. The van der Waals surface area contributed by atoms with Crippen molar-refractivity contribution in [1.82, 2.24) is 0 Å². The number of esters is 2. The first-order valence-corrected chi connectivity index (χ1v) is 8.65. The van der Waals surface area contributed by atoms with E-state index in [-0.39, 0.29) is 13.0 Å². The van der Waals surface area contributed by atoms with E-state index in [2.05, 4.69) is 9.47 Å². The van der Waals surface area contributed by atoms with Crippen molar-refractivity contribution < 1.29 is 55.2 Å². The number of carbonyl (C=O) groups is 2. The van der Waals surface area contributed by atoms with Crippen molar-refractivity contribution in [2.24, 2.45) is 11.5 Å². The van der Waals surface area contributed by atoms with Crippen LogP contribution >= 0.6 is 0 Å². The number of phenols is 4. The van der Waals surface area contributed by atoms with Gasteiger partial charge in [0, 0.05) is 0 Å². The molecular formula is C21H30N2O10. The number of ether oxygens (including phenoxy) is 2. The lowest BCUT2D eigenvalue weighted by molar-refractivity contribution is -0.145. The average Bonchev–Trinajstić information content (AvgIpc) is 2.86. The standard InChI is InChI=1S/2C10H13NO5.CH4/c2*1-16-10(15)8(11)9(14)5-2-3-6(12)7(13)4-5;/h2*2-4,8-9,12-14H,11H2,1H3;1H4/t2*8-,9+;/m11./s1/i2D,3D,4D;9D;. The summed E-state index contributed by atoms with van der Waals surface area (Å²) in [7, 11) is 2.12. The Morgan fingerprint density at radius 2 is 1.42 bits per heavy atom. The molecule has 0 heterocycles. The van der Waals surface area contributed by atoms with Crippen molar-refractivity contribution >= 4 is 11.9 Å². The van der Waals surface area contributed by atoms with E-state index >= 15 is 0 Å². The van der Waals surface area contributed by atoms with Gasteiger partial charge in [-0.25, -0.2) is 0 Å². The zero-order valence-corrected chi connectivity index (χ0v) is 16.9. The van der Waals surface area contributed by atoms with Gasteiger partial charge in [-0.2, -0.15) is 0 Å². The summed E-state index contributed by atoms with van der Waals surface area (Å²) >= 11 is 0. The van der Waals surface area contributed by atoms with Crippen molar-refractivity contribution in [3.05, 3.63) is 47.5 Å². The minimum atomic E-state index is -2.46. The van der Waals surface area contributed by atoms with Gasteiger partial charge in [0.2, 0.25) is 0 Å². The van der Waals surface area contributed by atoms with Gasteiger partial charge in [0.25, 0.3) is 0 Å². The number of aromatic hydroxyl groups is 4. The van der Waals surface area contributed by atoms with Gasteiger partial charge in [0.15, 0.2) is 23.0 Å². The molecule has 2 aromatic carbocycles. The van der Waals surface area contributed by atoms with Gasteiger partial charge in [0.05, 0.1) is 19.7 Å². The molecule has 184 valence electrons. The van der Waals surface area contributed by atoms with E-state index in [0.717, 1.165) is 26.4 Å². The number of nitrogens with two attached hydrogens (primary N) is 2. The van der Waals surface area contributed by atoms with Crippen molar-refractivity contribution in [3.8, 4) is 23.0 Å². The third-order valence-electron chi connectivity index (χ3n) is 3.92. The molecule has 0 radical (unpaired) electrons. The Morgan fingerprint density at radius 3 is 1.94 bits per heavy atom. The first kappa shape index (κ1) is 22.6. The zero-order chi connectivity index (χ0) is 28.1. The van der Waals surface area contributed by atoms with Crippen LogP contribution in [0.4, 0.5) is 0 Å². The van der Waals surface area contributed by atoms with Crippen molar-refractivity contribution in [2.45, 2.75) is 31.7 Å². The minimum Gasteiger partial charge on any atom is -0.504 e. The van der Waals surface area contributed by atoms with Crippen LogP contribution < -0.4 is 11.5 Å². The minimum absolute atomic E-state index is 0. The quantitative estimate of drug-likeness (QED) is 0.203. The highest BCUT2D eigenvalue weighted by molar-refractivity contribution is 5.77. The Balaban J connectivity index is 0.000000686. The molecule has 0 amide bonds. The van der Waals surface area contributed by atoms with E-state index in [4.69, 9.17) is 22.1 Å². The third-order valence-corrected chi connectivity index (χ3v) is 3.92. The van der Waals surface area contributed by atoms with Crippen LogP contribution in [0, 0.1) is 0 Å². The number of methoxy groups -OCH3 is 2. The molecule has 0 aliphatic heterocycles. The molecule has 0 unspecified atom stereocenters. The van der Waals surface area contributed by atoms with Crippen LogP contribution in [0.15, 0.2) is 36.3 Å². The molecule has 0 saturated heterocycles. The van der Waals surface area contributed by atoms with E-state index < -0.39 is 82.9 Å². The van der Waals surface area contributed by atoms with E-state index in [1.165, 1.54) is 6.07 Å². The zero-order valence-electron chi connectivity index (χ0n) is 20.9. The Kier molecular flexibility index (Phi) is 8.96. The number of carbonyl (C=O) groups excluding carboxylic acids is 2. The molecule has 0 bridgehead atoms. The summed E-state index contributed by atoms with van der Waals surface area (Å²) in [4.78, 5) is 22.3. The number of hydrogen-bond donors (Lipinski definition) is 8. The lowest BCUT2D eigenvalue weighted by Gasteiger charge is -2.17. The SMILES string of the molecule is C.[2H][C@](O)(c1ccc(O)c(O)c1)[C@@H](N)C(=O)OC.[2H]c1c([2H])c([C@H](O)[C@@H](N)C(=O)OC)c([2H])c(O)c1O. The van der Waals surface area contributed by atoms with Gasteiger partial charge < -0.3 is 51.6 Å². The van der Waals surface area contributed by atoms with E-state index in [0.29, 0.717) is 0 Å². The van der Waals surface area contributed by atoms with Crippen LogP contribution in [-0.2, 0) is 19.1 Å². The van der Waals surface area contributed by atoms with Gasteiger partial charge in [-0.15, -0.1) is 0 Å². The Morgan fingerprint density at radius 1 is 0.879 bits per heavy atom. The molecule has 0 aliphatic rings. The molecule has 0 aliphatic carbocycles. The summed E-state index contributed by atoms with van der Waals surface area (Å²) in [5.41, 5.74) is 10.1. The average molecular weight is 474 g/mol. The van der Waals surface area contributed by atoms with Crippen LogP contribution in [-0.4, -0.2) is 68.9 Å². The maximum atomic E-state index is 11.2. The molecule has 33 heavy (non-hydrogen) atoms. The highest BCUT2D eigenvalue weighted by atomic mass is 16.5. The maximum absolute atomic E-state index is 11.2. The van der Waals surface area contributed by atoms with Crippen LogP contribution in [0.2, 0.25) is 0 Å². The smallest absolute Gasteiger partial charge is 0.325 e. The Bertz CT molecular complexity index is 1100. The molecule has 10 N–H and O–H groups in total. The van der Waals surface area contributed by atoms with Crippen LogP contribution in [0.25, 0.3) is 0 Å². The lowest BCUT2D eigenvalue weighted by atomic mass is 10.0. The van der Waals surface area contributed by atoms with E-state index in [1.54, 1.807) is 0 Å². The first-order valence-electron chi connectivity index (χ1n) is 10.7. The molecule has 2 aromatic rings. The molecule has 2 rings (SSSR count). The van der Waals surface area contributed by atoms with Gasteiger partial charge in [0.1, 0.15) is 24.3 Å². The summed E-state index contributed by atoms with van der Waals surface area (Å²) in [6, 6.07) is -2.26. The molecular weight excluding hydrogens is 440 g/mol. The maximum Gasteiger partial charge on any atom is 0.325 e. The predicted octanol–water partition coefficient (Wildman–Crippen LogP) is -0.101. The number of rotatable bonds is 6. The number of aliphatic hydroxyl groups is 2. The molecule has 0 saturated carbocycles. The van der Waals surface area contributed by atoms with Crippen molar-refractivity contribution in [3.63, 3.8) is 0 Å². The highest BCUT2D eigenvalue weighted by Crippen LogP contribution is 2.29. The molecule has 0 aromatic heterocycles. The first-order chi connectivity index (χ1) is 16.5. The summed E-state index contributed by atoms with van der Waals surface area (Å²) in [6.45, 7) is 0. The second kappa shape index (κ2) is 13.1. The fourth-order valence-electron chi connectivity index (χ4n) is 2.10. The lowest BCUT2D eigenvalue weighted by Crippen LogP contribution is -2.37. The van der Waals surface area contributed by atoms with Crippen LogP contribution in [0.1, 0.15) is 36.2 Å². The number of aliphatic hydroxyl groups excluding tert-OH is 1. The third kappa shape index (κ3) is 7.80. The van der Waals surface area contributed by atoms with Crippen LogP contribution in [0.3, 0.4) is 0 Å². The van der Waals surface area contributed by atoms with Gasteiger partial charge in [-0.1, -0.05) is 19.5 Å². The van der Waals surface area contributed by atoms with Crippen molar-refractivity contribution in [1.29, 1.82) is 0 Å². The molecule has 0 fully saturated rings. The topological polar surface area (TPSA) is 226 Å². The summed E-state index contributed by atoms with van der Waals surface area (Å²) < 4.78 is 38.7. The largest absolute Gasteiger partial charge is 0.504 e. The Hall–Kier alpha value is -3.58. The monoisotopic (exact) mass is 474 g/mol. The fraction of sp³-hybridized carbons (Fsp3) is 0.333. The number of benzene rings is 2.